The Bertz CT molecular complexity index is 1070. The van der Waals surface area contributed by atoms with Crippen molar-refractivity contribution in [2.45, 2.75) is 0 Å². The van der Waals surface area contributed by atoms with Gasteiger partial charge in [-0.25, -0.2) is 5.43 Å². The molecular weight excluding hydrogens is 368 g/mol. The molecule has 0 bridgehead atoms. The van der Waals surface area contributed by atoms with Crippen molar-refractivity contribution in [1.29, 1.82) is 0 Å². The van der Waals surface area contributed by atoms with E-state index in [1.54, 1.807) is 36.4 Å². The number of fused-ring (bicyclic) bond motifs is 1. The number of H-pyrrole nitrogens is 1. The third-order valence-electron chi connectivity index (χ3n) is 3.69. The van der Waals surface area contributed by atoms with Crippen LogP contribution in [0.2, 0.25) is 5.02 Å². The summed E-state index contributed by atoms with van der Waals surface area (Å²) in [5.74, 6) is -0.928. The highest BCUT2D eigenvalue weighted by Crippen LogP contribution is 2.09. The number of aromatic nitrogens is 1. The average molecular weight is 383 g/mol. The summed E-state index contributed by atoms with van der Waals surface area (Å²) in [6.45, 7) is -0.257. The third-order valence-corrected chi connectivity index (χ3v) is 3.94. The van der Waals surface area contributed by atoms with Crippen molar-refractivity contribution in [3.63, 3.8) is 0 Å². The van der Waals surface area contributed by atoms with Gasteiger partial charge in [-0.3, -0.25) is 14.4 Å². The first-order valence-corrected chi connectivity index (χ1v) is 8.38. The fourth-order valence-corrected chi connectivity index (χ4v) is 2.46. The van der Waals surface area contributed by atoms with Crippen LogP contribution >= 0.6 is 11.6 Å². The van der Waals surface area contributed by atoms with Gasteiger partial charge in [0.1, 0.15) is 0 Å². The minimum atomic E-state index is -0.522. The highest BCUT2D eigenvalue weighted by atomic mass is 35.5. The Morgan fingerprint density at radius 2 is 1.85 bits per heavy atom. The molecule has 1 aromatic heterocycles. The highest BCUT2D eigenvalue weighted by Gasteiger charge is 2.07. The van der Waals surface area contributed by atoms with Gasteiger partial charge in [-0.15, -0.1) is 0 Å². The monoisotopic (exact) mass is 382 g/mol. The van der Waals surface area contributed by atoms with Gasteiger partial charge in [0.2, 0.25) is 0 Å². The molecule has 0 atom stereocenters. The zero-order valence-electron chi connectivity index (χ0n) is 14.0. The molecular formula is C19H15ClN4O3. The van der Waals surface area contributed by atoms with Gasteiger partial charge in [0.05, 0.1) is 18.3 Å². The minimum Gasteiger partial charge on any atom is -0.343 e. The van der Waals surface area contributed by atoms with E-state index < -0.39 is 11.8 Å². The quantitative estimate of drug-likeness (QED) is 0.464. The summed E-state index contributed by atoms with van der Waals surface area (Å²) >= 11 is 5.76. The van der Waals surface area contributed by atoms with E-state index in [0.29, 0.717) is 21.7 Å². The summed E-state index contributed by atoms with van der Waals surface area (Å²) in [4.78, 5) is 38.4. The largest absolute Gasteiger partial charge is 0.343 e. The van der Waals surface area contributed by atoms with Crippen molar-refractivity contribution >= 4 is 40.5 Å². The van der Waals surface area contributed by atoms with E-state index in [0.717, 1.165) is 5.39 Å². The maximum absolute atomic E-state index is 12.0. The van der Waals surface area contributed by atoms with Gasteiger partial charge in [-0.05, 0) is 41.8 Å². The fourth-order valence-electron chi connectivity index (χ4n) is 2.34. The van der Waals surface area contributed by atoms with E-state index in [1.807, 2.05) is 18.2 Å². The molecule has 0 aliphatic rings. The van der Waals surface area contributed by atoms with Crippen LogP contribution in [0.25, 0.3) is 10.9 Å². The van der Waals surface area contributed by atoms with Crippen molar-refractivity contribution in [2.75, 3.05) is 6.54 Å². The summed E-state index contributed by atoms with van der Waals surface area (Å²) in [6.07, 6.45) is 1.25. The van der Waals surface area contributed by atoms with Crippen LogP contribution in [0.4, 0.5) is 0 Å². The van der Waals surface area contributed by atoms with Crippen LogP contribution in [-0.4, -0.2) is 29.6 Å². The number of nitrogens with one attached hydrogen (secondary N) is 3. The van der Waals surface area contributed by atoms with Gasteiger partial charge in [-0.2, -0.15) is 5.10 Å². The first-order valence-electron chi connectivity index (χ1n) is 8.01. The molecule has 0 fully saturated rings. The number of hydrogen-bond acceptors (Lipinski definition) is 4. The predicted octanol–water partition coefficient (Wildman–Crippen LogP) is 2.06. The van der Waals surface area contributed by atoms with Crippen molar-refractivity contribution in [3.8, 4) is 0 Å². The SMILES string of the molecule is O=C(CNC(=O)c1ccc(Cl)cc1)N/N=C\c1cc2ccccc2[nH]c1=O. The second-order valence-electron chi connectivity index (χ2n) is 5.62. The van der Waals surface area contributed by atoms with Crippen molar-refractivity contribution < 1.29 is 9.59 Å². The Labute approximate surface area is 159 Å². The molecule has 0 saturated heterocycles. The summed E-state index contributed by atoms with van der Waals surface area (Å²) in [7, 11) is 0. The number of hydrogen-bond donors (Lipinski definition) is 3. The van der Waals surface area contributed by atoms with Crippen molar-refractivity contribution in [1.82, 2.24) is 15.7 Å². The molecule has 0 radical (unpaired) electrons. The van der Waals surface area contributed by atoms with Crippen LogP contribution < -0.4 is 16.3 Å². The molecule has 0 spiro atoms. The van der Waals surface area contributed by atoms with Crippen LogP contribution in [-0.2, 0) is 4.79 Å². The molecule has 136 valence electrons. The Kier molecular flexibility index (Phi) is 5.63. The van der Waals surface area contributed by atoms with Crippen LogP contribution in [0.1, 0.15) is 15.9 Å². The lowest BCUT2D eigenvalue weighted by Crippen LogP contribution is -2.35. The number of benzene rings is 2. The van der Waals surface area contributed by atoms with Gasteiger partial charge in [-0.1, -0.05) is 29.8 Å². The molecule has 27 heavy (non-hydrogen) atoms. The molecule has 3 aromatic rings. The Hall–Kier alpha value is -3.45. The number of para-hydroxylation sites is 1. The molecule has 3 N–H and O–H groups in total. The van der Waals surface area contributed by atoms with Crippen molar-refractivity contribution in [2.24, 2.45) is 5.10 Å². The minimum absolute atomic E-state index is 0.257. The first-order chi connectivity index (χ1) is 13.0. The van der Waals surface area contributed by atoms with E-state index in [4.69, 9.17) is 11.6 Å². The molecule has 0 unspecified atom stereocenters. The Morgan fingerprint density at radius 1 is 1.11 bits per heavy atom. The van der Waals surface area contributed by atoms with Crippen LogP contribution in [0, 0.1) is 0 Å². The number of halogens is 1. The van der Waals surface area contributed by atoms with Crippen molar-refractivity contribution in [3.05, 3.63) is 81.1 Å². The lowest BCUT2D eigenvalue weighted by Gasteiger charge is -2.04. The average Bonchev–Trinajstić information content (AvgIpc) is 2.67. The van der Waals surface area contributed by atoms with Gasteiger partial charge >= 0.3 is 0 Å². The summed E-state index contributed by atoms with van der Waals surface area (Å²) in [5.41, 5.74) is 3.36. The standard InChI is InChI=1S/C19H15ClN4O3/c20-15-7-5-12(6-8-15)18(26)21-11-17(25)24-22-10-14-9-13-3-1-2-4-16(13)23-19(14)27/h1-10H,11H2,(H,21,26)(H,23,27)(H,24,25)/b22-10-. The van der Waals surface area contributed by atoms with Crippen LogP contribution in [0.5, 0.6) is 0 Å². The molecule has 2 amide bonds. The molecule has 0 aliphatic heterocycles. The number of nitrogens with zero attached hydrogens (tertiary/aromatic N) is 1. The number of carbonyl (C=O) groups excluding carboxylic acids is 2. The fraction of sp³-hybridized carbons (Fsp3) is 0.0526. The summed E-state index contributed by atoms with van der Waals surface area (Å²) in [6, 6.07) is 15.3. The van der Waals surface area contributed by atoms with Gasteiger partial charge in [0.25, 0.3) is 17.4 Å². The second-order valence-corrected chi connectivity index (χ2v) is 6.06. The number of amides is 2. The number of pyridine rings is 1. The zero-order chi connectivity index (χ0) is 19.2. The van der Waals surface area contributed by atoms with Crippen LogP contribution in [0.3, 0.4) is 0 Å². The molecule has 0 saturated carbocycles. The third kappa shape index (κ3) is 4.80. The molecule has 1 heterocycles. The maximum Gasteiger partial charge on any atom is 0.259 e. The molecule has 0 aliphatic carbocycles. The van der Waals surface area contributed by atoms with Gasteiger partial charge in [0.15, 0.2) is 0 Å². The molecule has 3 rings (SSSR count). The molecule has 7 nitrogen and oxygen atoms in total. The summed E-state index contributed by atoms with van der Waals surface area (Å²) < 4.78 is 0. The number of aromatic amines is 1. The Morgan fingerprint density at radius 3 is 2.63 bits per heavy atom. The van der Waals surface area contributed by atoms with E-state index in [2.05, 4.69) is 20.8 Å². The zero-order valence-corrected chi connectivity index (χ0v) is 14.8. The van der Waals surface area contributed by atoms with E-state index in [-0.39, 0.29) is 12.1 Å². The van der Waals surface area contributed by atoms with Gasteiger partial charge < -0.3 is 10.3 Å². The number of hydrazone groups is 1. The first kappa shape index (κ1) is 18.3. The Balaban J connectivity index is 1.56. The lowest BCUT2D eigenvalue weighted by molar-refractivity contribution is -0.120. The lowest BCUT2D eigenvalue weighted by atomic mass is 10.2. The maximum atomic E-state index is 12.0. The topological polar surface area (TPSA) is 103 Å². The predicted molar refractivity (Wildman–Crippen MR) is 104 cm³/mol. The van der Waals surface area contributed by atoms with E-state index in [1.165, 1.54) is 6.21 Å². The summed E-state index contributed by atoms with van der Waals surface area (Å²) in [5, 5.41) is 7.59. The highest BCUT2D eigenvalue weighted by molar-refractivity contribution is 6.30. The normalized spacial score (nSPS) is 10.9. The van der Waals surface area contributed by atoms with Gasteiger partial charge in [0, 0.05) is 16.1 Å². The molecule has 8 heteroatoms. The van der Waals surface area contributed by atoms with E-state index in [9.17, 15) is 14.4 Å². The number of rotatable bonds is 5. The molecule has 2 aromatic carbocycles. The van der Waals surface area contributed by atoms with E-state index >= 15 is 0 Å². The number of carbonyl (C=O) groups is 2. The smallest absolute Gasteiger partial charge is 0.259 e. The second kappa shape index (κ2) is 8.29. The van der Waals surface area contributed by atoms with Crippen LogP contribution in [0.15, 0.2) is 64.5 Å².